The van der Waals surface area contributed by atoms with Crippen molar-refractivity contribution < 1.29 is 14.3 Å². The molecule has 2 aromatic carbocycles. The SMILES string of the molecule is COc1ccc(NC(=O)c2ccc(Nc3cccc(C#N)c3)nn2)c(OC)c1. The largest absolute Gasteiger partial charge is 0.497 e. The highest BCUT2D eigenvalue weighted by Crippen LogP contribution is 2.29. The molecule has 0 fully saturated rings. The number of amides is 1. The van der Waals surface area contributed by atoms with Gasteiger partial charge in [-0.15, -0.1) is 10.2 Å². The van der Waals surface area contributed by atoms with E-state index in [1.54, 1.807) is 61.7 Å². The van der Waals surface area contributed by atoms with Gasteiger partial charge in [0.25, 0.3) is 5.91 Å². The van der Waals surface area contributed by atoms with E-state index in [2.05, 4.69) is 26.9 Å². The quantitative estimate of drug-likeness (QED) is 0.680. The molecule has 0 radical (unpaired) electrons. The molecule has 3 aromatic rings. The zero-order valence-electron chi connectivity index (χ0n) is 15.3. The molecule has 1 heterocycles. The number of carbonyl (C=O) groups excluding carboxylic acids is 1. The number of anilines is 3. The first-order valence-electron chi connectivity index (χ1n) is 8.27. The molecule has 0 saturated carbocycles. The fraction of sp³-hybridized carbons (Fsp3) is 0.100. The van der Waals surface area contributed by atoms with E-state index < -0.39 is 5.91 Å². The molecule has 8 nitrogen and oxygen atoms in total. The number of benzene rings is 2. The molecule has 0 aliphatic heterocycles. The minimum Gasteiger partial charge on any atom is -0.497 e. The lowest BCUT2D eigenvalue weighted by molar-refractivity contribution is 0.102. The number of hydrogen-bond donors (Lipinski definition) is 2. The second-order valence-corrected chi connectivity index (χ2v) is 5.64. The van der Waals surface area contributed by atoms with Crippen LogP contribution < -0.4 is 20.1 Å². The highest BCUT2D eigenvalue weighted by atomic mass is 16.5. The van der Waals surface area contributed by atoms with Gasteiger partial charge in [0.2, 0.25) is 0 Å². The van der Waals surface area contributed by atoms with Crippen LogP contribution in [-0.4, -0.2) is 30.3 Å². The number of nitriles is 1. The Morgan fingerprint density at radius 3 is 2.57 bits per heavy atom. The van der Waals surface area contributed by atoms with Crippen molar-refractivity contribution in [3.63, 3.8) is 0 Å². The average molecular weight is 375 g/mol. The fourth-order valence-electron chi connectivity index (χ4n) is 2.42. The van der Waals surface area contributed by atoms with Crippen LogP contribution in [0.1, 0.15) is 16.1 Å². The van der Waals surface area contributed by atoms with Gasteiger partial charge in [-0.3, -0.25) is 4.79 Å². The summed E-state index contributed by atoms with van der Waals surface area (Å²) in [5, 5.41) is 22.7. The maximum Gasteiger partial charge on any atom is 0.276 e. The van der Waals surface area contributed by atoms with Gasteiger partial charge in [0, 0.05) is 11.8 Å². The van der Waals surface area contributed by atoms with Gasteiger partial charge in [-0.1, -0.05) is 6.07 Å². The number of carbonyl (C=O) groups is 1. The predicted molar refractivity (Wildman–Crippen MR) is 104 cm³/mol. The van der Waals surface area contributed by atoms with Gasteiger partial charge in [0.1, 0.15) is 11.5 Å². The molecule has 28 heavy (non-hydrogen) atoms. The van der Waals surface area contributed by atoms with Gasteiger partial charge in [-0.05, 0) is 42.5 Å². The average Bonchev–Trinajstić information content (AvgIpc) is 2.74. The maximum atomic E-state index is 12.4. The number of aromatic nitrogens is 2. The molecule has 0 saturated heterocycles. The van der Waals surface area contributed by atoms with Crippen LogP contribution in [0.2, 0.25) is 0 Å². The molecule has 0 aliphatic rings. The minimum atomic E-state index is -0.422. The monoisotopic (exact) mass is 375 g/mol. The molecule has 8 heteroatoms. The molecular formula is C20H17N5O3. The van der Waals surface area contributed by atoms with E-state index in [0.717, 1.165) is 0 Å². The van der Waals surface area contributed by atoms with Gasteiger partial charge < -0.3 is 20.1 Å². The third kappa shape index (κ3) is 4.34. The third-order valence-corrected chi connectivity index (χ3v) is 3.82. The molecule has 3 rings (SSSR count). The van der Waals surface area contributed by atoms with Crippen LogP contribution in [0.5, 0.6) is 11.5 Å². The lowest BCUT2D eigenvalue weighted by atomic mass is 10.2. The van der Waals surface area contributed by atoms with Crippen LogP contribution in [-0.2, 0) is 0 Å². The summed E-state index contributed by atoms with van der Waals surface area (Å²) in [6.07, 6.45) is 0. The summed E-state index contributed by atoms with van der Waals surface area (Å²) in [4.78, 5) is 12.4. The molecule has 1 amide bonds. The Bertz CT molecular complexity index is 1030. The summed E-state index contributed by atoms with van der Waals surface area (Å²) >= 11 is 0. The lowest BCUT2D eigenvalue weighted by Gasteiger charge is -2.11. The van der Waals surface area contributed by atoms with Crippen molar-refractivity contribution in [2.45, 2.75) is 0 Å². The van der Waals surface area contributed by atoms with Crippen molar-refractivity contribution in [3.05, 3.63) is 65.9 Å². The molecule has 140 valence electrons. The van der Waals surface area contributed by atoms with Crippen LogP contribution in [0.3, 0.4) is 0 Å². The topological polar surface area (TPSA) is 109 Å². The standard InChI is InChI=1S/C20H17N5O3/c1-27-15-6-7-16(18(11-15)28-2)23-20(26)17-8-9-19(25-24-17)22-14-5-3-4-13(10-14)12-21/h3-11H,1-2H3,(H,22,25)(H,23,26). The Balaban J connectivity index is 1.71. The summed E-state index contributed by atoms with van der Waals surface area (Å²) < 4.78 is 10.4. The molecule has 0 atom stereocenters. The highest BCUT2D eigenvalue weighted by Gasteiger charge is 2.12. The third-order valence-electron chi connectivity index (χ3n) is 3.82. The first-order valence-corrected chi connectivity index (χ1v) is 8.27. The molecular weight excluding hydrogens is 358 g/mol. The van der Waals surface area contributed by atoms with Crippen molar-refractivity contribution in [1.29, 1.82) is 5.26 Å². The van der Waals surface area contributed by atoms with Crippen molar-refractivity contribution in [2.75, 3.05) is 24.9 Å². The van der Waals surface area contributed by atoms with E-state index in [0.29, 0.717) is 34.3 Å². The summed E-state index contributed by atoms with van der Waals surface area (Å²) in [6.45, 7) is 0. The van der Waals surface area contributed by atoms with Crippen LogP contribution in [0.15, 0.2) is 54.6 Å². The molecule has 0 aliphatic carbocycles. The summed E-state index contributed by atoms with van der Waals surface area (Å²) in [7, 11) is 3.06. The van der Waals surface area contributed by atoms with Crippen LogP contribution in [0.25, 0.3) is 0 Å². The summed E-state index contributed by atoms with van der Waals surface area (Å²) in [5.41, 5.74) is 1.87. The van der Waals surface area contributed by atoms with E-state index in [-0.39, 0.29) is 5.69 Å². The van der Waals surface area contributed by atoms with Crippen molar-refractivity contribution in [1.82, 2.24) is 10.2 Å². The molecule has 0 spiro atoms. The van der Waals surface area contributed by atoms with E-state index in [1.807, 2.05) is 0 Å². The smallest absolute Gasteiger partial charge is 0.276 e. The number of ether oxygens (including phenoxy) is 2. The van der Waals surface area contributed by atoms with Crippen LogP contribution in [0.4, 0.5) is 17.2 Å². The molecule has 0 unspecified atom stereocenters. The first kappa shape index (κ1) is 18.7. The van der Waals surface area contributed by atoms with Gasteiger partial charge >= 0.3 is 0 Å². The van der Waals surface area contributed by atoms with Gasteiger partial charge in [0.15, 0.2) is 11.5 Å². The van der Waals surface area contributed by atoms with Crippen LogP contribution >= 0.6 is 0 Å². The van der Waals surface area contributed by atoms with E-state index >= 15 is 0 Å². The Morgan fingerprint density at radius 2 is 1.89 bits per heavy atom. The molecule has 1 aromatic heterocycles. The summed E-state index contributed by atoms with van der Waals surface area (Å²) in [6, 6.07) is 17.3. The minimum absolute atomic E-state index is 0.147. The second-order valence-electron chi connectivity index (χ2n) is 5.64. The number of hydrogen-bond acceptors (Lipinski definition) is 7. The zero-order valence-corrected chi connectivity index (χ0v) is 15.3. The Morgan fingerprint density at radius 1 is 1.04 bits per heavy atom. The molecule has 0 bridgehead atoms. The second kappa shape index (κ2) is 8.51. The summed E-state index contributed by atoms with van der Waals surface area (Å²) in [5.74, 6) is 1.12. The van der Waals surface area contributed by atoms with Crippen molar-refractivity contribution in [2.24, 2.45) is 0 Å². The Labute approximate surface area is 161 Å². The Hall–Kier alpha value is -4.12. The first-order chi connectivity index (χ1) is 13.6. The Kier molecular flexibility index (Phi) is 5.67. The normalized spacial score (nSPS) is 9.89. The number of methoxy groups -OCH3 is 2. The van der Waals surface area contributed by atoms with Gasteiger partial charge in [0.05, 0.1) is 31.5 Å². The van der Waals surface area contributed by atoms with Crippen LogP contribution in [0, 0.1) is 11.3 Å². The lowest BCUT2D eigenvalue weighted by Crippen LogP contribution is -2.15. The van der Waals surface area contributed by atoms with Gasteiger partial charge in [-0.2, -0.15) is 5.26 Å². The highest BCUT2D eigenvalue weighted by molar-refractivity contribution is 6.03. The number of nitrogens with one attached hydrogen (secondary N) is 2. The van der Waals surface area contributed by atoms with Crippen molar-refractivity contribution in [3.8, 4) is 17.6 Å². The zero-order chi connectivity index (χ0) is 19.9. The number of rotatable bonds is 6. The van der Waals surface area contributed by atoms with E-state index in [9.17, 15) is 4.79 Å². The fourth-order valence-corrected chi connectivity index (χ4v) is 2.42. The maximum absolute atomic E-state index is 12.4. The number of nitrogens with zero attached hydrogens (tertiary/aromatic N) is 3. The van der Waals surface area contributed by atoms with Crippen molar-refractivity contribution >= 4 is 23.1 Å². The predicted octanol–water partition coefficient (Wildman–Crippen LogP) is 3.36. The van der Waals surface area contributed by atoms with Gasteiger partial charge in [-0.25, -0.2) is 0 Å². The molecule has 2 N–H and O–H groups in total. The van der Waals surface area contributed by atoms with E-state index in [4.69, 9.17) is 14.7 Å². The van der Waals surface area contributed by atoms with E-state index in [1.165, 1.54) is 7.11 Å².